The fourth-order valence-corrected chi connectivity index (χ4v) is 1.47. The highest BCUT2D eigenvalue weighted by Gasteiger charge is 2.22. The van der Waals surface area contributed by atoms with Crippen LogP contribution in [0.25, 0.3) is 0 Å². The number of hydrogen-bond donors (Lipinski definition) is 2. The van der Waals surface area contributed by atoms with E-state index < -0.39 is 11.7 Å². The predicted octanol–water partition coefficient (Wildman–Crippen LogP) is 1.92. The Bertz CT molecular complexity index is 200. The first kappa shape index (κ1) is 14.2. The molecule has 15 heavy (non-hydrogen) atoms. The number of nitrogens with one attached hydrogen (secondary N) is 1. The van der Waals surface area contributed by atoms with E-state index in [1.54, 1.807) is 20.8 Å². The average molecular weight is 217 g/mol. The lowest BCUT2D eigenvalue weighted by molar-refractivity contribution is 0.0345. The zero-order valence-electron chi connectivity index (χ0n) is 10.3. The minimum Gasteiger partial charge on any atom is -0.447 e. The normalized spacial score (nSPS) is 15.2. The maximum Gasteiger partial charge on any atom is 0.407 e. The fourth-order valence-electron chi connectivity index (χ4n) is 1.47. The molecule has 0 radical (unpaired) electrons. The summed E-state index contributed by atoms with van der Waals surface area (Å²) in [7, 11) is 0. The Morgan fingerprint density at radius 1 is 1.40 bits per heavy atom. The van der Waals surface area contributed by atoms with Gasteiger partial charge in [-0.15, -0.1) is 0 Å². The topological polar surface area (TPSA) is 58.6 Å². The van der Waals surface area contributed by atoms with Crippen molar-refractivity contribution in [2.24, 2.45) is 5.92 Å². The summed E-state index contributed by atoms with van der Waals surface area (Å²) in [5, 5.41) is 12.4. The molecule has 0 aromatic carbocycles. The molecule has 0 aliphatic rings. The number of alkyl carbamates (subject to hydrolysis) is 1. The molecule has 1 atom stereocenters. The second-order valence-electron chi connectivity index (χ2n) is 4.90. The van der Waals surface area contributed by atoms with Crippen LogP contribution in [0, 0.1) is 5.92 Å². The molecule has 90 valence electrons. The lowest BCUT2D eigenvalue weighted by atomic mass is 9.94. The molecule has 0 aromatic rings. The van der Waals surface area contributed by atoms with E-state index in [9.17, 15) is 9.90 Å². The molecule has 0 fully saturated rings. The van der Waals surface area contributed by atoms with Crippen LogP contribution < -0.4 is 5.32 Å². The maximum atomic E-state index is 11.1. The minimum absolute atomic E-state index is 0.139. The van der Waals surface area contributed by atoms with Gasteiger partial charge in [-0.2, -0.15) is 0 Å². The summed E-state index contributed by atoms with van der Waals surface area (Å²) in [5.41, 5.74) is -0.871. The molecule has 0 heterocycles. The van der Waals surface area contributed by atoms with Crippen LogP contribution in [-0.4, -0.2) is 29.4 Å². The van der Waals surface area contributed by atoms with Gasteiger partial charge in [-0.3, -0.25) is 0 Å². The second kappa shape index (κ2) is 5.95. The molecule has 0 saturated heterocycles. The smallest absolute Gasteiger partial charge is 0.407 e. The summed E-state index contributed by atoms with van der Waals surface area (Å²) < 4.78 is 4.89. The zero-order valence-corrected chi connectivity index (χ0v) is 10.3. The van der Waals surface area contributed by atoms with Crippen molar-refractivity contribution in [1.29, 1.82) is 0 Å². The van der Waals surface area contributed by atoms with E-state index in [0.29, 0.717) is 12.3 Å². The molecular formula is C11H23NO3. The average Bonchev–Trinajstić information content (AvgIpc) is 1.97. The molecule has 0 aliphatic carbocycles. The molecule has 0 spiro atoms. The van der Waals surface area contributed by atoms with E-state index in [1.165, 1.54) is 0 Å². The monoisotopic (exact) mass is 217 g/mol. The zero-order chi connectivity index (χ0) is 12.1. The Labute approximate surface area is 92.0 Å². The van der Waals surface area contributed by atoms with Gasteiger partial charge in [0.2, 0.25) is 0 Å². The molecular weight excluding hydrogens is 194 g/mol. The van der Waals surface area contributed by atoms with E-state index in [4.69, 9.17) is 4.74 Å². The highest BCUT2D eigenvalue weighted by Crippen LogP contribution is 2.14. The Kier molecular flexibility index (Phi) is 5.65. The number of carbonyl (C=O) groups is 1. The second-order valence-corrected chi connectivity index (χ2v) is 4.90. The third kappa shape index (κ3) is 8.24. The van der Waals surface area contributed by atoms with Gasteiger partial charge < -0.3 is 15.2 Å². The van der Waals surface area contributed by atoms with Crippen molar-refractivity contribution >= 4 is 6.09 Å². The Morgan fingerprint density at radius 3 is 2.33 bits per heavy atom. The van der Waals surface area contributed by atoms with Crippen LogP contribution in [0.15, 0.2) is 0 Å². The molecule has 0 bridgehead atoms. The van der Waals surface area contributed by atoms with Crippen LogP contribution in [0.2, 0.25) is 0 Å². The van der Waals surface area contributed by atoms with Crippen molar-refractivity contribution in [3.05, 3.63) is 0 Å². The Balaban J connectivity index is 3.87. The highest BCUT2D eigenvalue weighted by molar-refractivity contribution is 5.67. The summed E-state index contributed by atoms with van der Waals surface area (Å²) in [4.78, 5) is 11.1. The van der Waals surface area contributed by atoms with Gasteiger partial charge in [-0.1, -0.05) is 13.8 Å². The van der Waals surface area contributed by atoms with Gasteiger partial charge in [-0.05, 0) is 33.1 Å². The van der Waals surface area contributed by atoms with Crippen molar-refractivity contribution in [2.75, 3.05) is 6.54 Å². The molecule has 1 amide bonds. The van der Waals surface area contributed by atoms with Gasteiger partial charge >= 0.3 is 6.09 Å². The quantitative estimate of drug-likeness (QED) is 0.739. The van der Waals surface area contributed by atoms with Crippen molar-refractivity contribution in [3.8, 4) is 0 Å². The van der Waals surface area contributed by atoms with Gasteiger partial charge in [0.15, 0.2) is 0 Å². The van der Waals surface area contributed by atoms with E-state index >= 15 is 0 Å². The Morgan fingerprint density at radius 2 is 1.93 bits per heavy atom. The molecule has 0 rings (SSSR count). The standard InChI is InChI=1S/C11H23NO3/c1-8(2)6-11(5,14)7-12-10(13)15-9(3)4/h8-9,14H,6-7H2,1-5H3,(H,12,13). The molecule has 4 nitrogen and oxygen atoms in total. The minimum atomic E-state index is -0.871. The SMILES string of the molecule is CC(C)CC(C)(O)CNC(=O)OC(C)C. The van der Waals surface area contributed by atoms with Crippen LogP contribution in [0.1, 0.15) is 41.0 Å². The first-order chi connectivity index (χ1) is 6.73. The summed E-state index contributed by atoms with van der Waals surface area (Å²) in [6.07, 6.45) is 0.0312. The van der Waals surface area contributed by atoms with Gasteiger partial charge in [0.25, 0.3) is 0 Å². The number of aliphatic hydroxyl groups is 1. The van der Waals surface area contributed by atoms with Gasteiger partial charge in [0.05, 0.1) is 11.7 Å². The van der Waals surface area contributed by atoms with Crippen LogP contribution in [-0.2, 0) is 4.74 Å². The van der Waals surface area contributed by atoms with Crippen molar-refractivity contribution in [3.63, 3.8) is 0 Å². The third-order valence-corrected chi connectivity index (χ3v) is 1.80. The van der Waals surface area contributed by atoms with Crippen molar-refractivity contribution < 1.29 is 14.6 Å². The predicted molar refractivity (Wildman–Crippen MR) is 59.7 cm³/mol. The van der Waals surface area contributed by atoms with E-state index in [0.717, 1.165) is 0 Å². The molecule has 0 aromatic heterocycles. The number of rotatable bonds is 5. The number of amides is 1. The van der Waals surface area contributed by atoms with E-state index in [-0.39, 0.29) is 12.6 Å². The maximum absolute atomic E-state index is 11.1. The summed E-state index contributed by atoms with van der Waals surface area (Å²) in [5.74, 6) is 0.392. The third-order valence-electron chi connectivity index (χ3n) is 1.80. The molecule has 2 N–H and O–H groups in total. The lowest BCUT2D eigenvalue weighted by Gasteiger charge is -2.25. The molecule has 1 unspecified atom stereocenters. The van der Waals surface area contributed by atoms with Crippen molar-refractivity contribution in [2.45, 2.75) is 52.7 Å². The number of carbonyl (C=O) groups excluding carboxylic acids is 1. The van der Waals surface area contributed by atoms with E-state index in [1.807, 2.05) is 13.8 Å². The summed E-state index contributed by atoms with van der Waals surface area (Å²) >= 11 is 0. The fraction of sp³-hybridized carbons (Fsp3) is 0.909. The first-order valence-electron chi connectivity index (χ1n) is 5.40. The van der Waals surface area contributed by atoms with Crippen LogP contribution in [0.4, 0.5) is 4.79 Å². The molecule has 0 saturated carbocycles. The van der Waals surface area contributed by atoms with Crippen molar-refractivity contribution in [1.82, 2.24) is 5.32 Å². The van der Waals surface area contributed by atoms with Gasteiger partial charge in [0.1, 0.15) is 0 Å². The van der Waals surface area contributed by atoms with Crippen LogP contribution in [0.5, 0.6) is 0 Å². The van der Waals surface area contributed by atoms with Crippen LogP contribution in [0.3, 0.4) is 0 Å². The van der Waals surface area contributed by atoms with E-state index in [2.05, 4.69) is 5.32 Å². The number of ether oxygens (including phenoxy) is 1. The summed E-state index contributed by atoms with van der Waals surface area (Å²) in [6, 6.07) is 0. The molecule has 4 heteroatoms. The highest BCUT2D eigenvalue weighted by atomic mass is 16.6. The summed E-state index contributed by atoms with van der Waals surface area (Å²) in [6.45, 7) is 9.55. The lowest BCUT2D eigenvalue weighted by Crippen LogP contribution is -2.42. The number of hydrogen-bond acceptors (Lipinski definition) is 3. The largest absolute Gasteiger partial charge is 0.447 e. The van der Waals surface area contributed by atoms with Gasteiger partial charge in [-0.25, -0.2) is 4.79 Å². The van der Waals surface area contributed by atoms with Gasteiger partial charge in [0, 0.05) is 6.54 Å². The first-order valence-corrected chi connectivity index (χ1v) is 5.40. The van der Waals surface area contributed by atoms with Crippen LogP contribution >= 0.6 is 0 Å². The Hall–Kier alpha value is -0.770. The molecule has 0 aliphatic heterocycles.